The van der Waals surface area contributed by atoms with Gasteiger partial charge < -0.3 is 9.67 Å². The van der Waals surface area contributed by atoms with E-state index in [9.17, 15) is 13.5 Å². The van der Waals surface area contributed by atoms with Gasteiger partial charge in [-0.05, 0) is 12.0 Å². The van der Waals surface area contributed by atoms with Crippen LogP contribution in [0.1, 0.15) is 5.56 Å². The molecule has 0 aliphatic rings. The van der Waals surface area contributed by atoms with Crippen molar-refractivity contribution in [2.24, 2.45) is 7.05 Å². The summed E-state index contributed by atoms with van der Waals surface area (Å²) >= 11 is 0. The molecule has 2 N–H and O–H groups in total. The van der Waals surface area contributed by atoms with Gasteiger partial charge in [0, 0.05) is 19.8 Å². The van der Waals surface area contributed by atoms with Gasteiger partial charge in [-0.3, -0.25) is 0 Å². The van der Waals surface area contributed by atoms with Gasteiger partial charge in [-0.1, -0.05) is 30.3 Å². The molecule has 0 fully saturated rings. The van der Waals surface area contributed by atoms with E-state index in [2.05, 4.69) is 9.71 Å². The van der Waals surface area contributed by atoms with Crippen molar-refractivity contribution in [1.29, 1.82) is 0 Å². The van der Waals surface area contributed by atoms with Crippen LogP contribution in [0.5, 0.6) is 0 Å². The highest BCUT2D eigenvalue weighted by molar-refractivity contribution is 7.89. The van der Waals surface area contributed by atoms with Crippen molar-refractivity contribution in [1.82, 2.24) is 14.3 Å². The smallest absolute Gasteiger partial charge is 0.259 e. The topological polar surface area (TPSA) is 84.2 Å². The molecule has 6 nitrogen and oxygen atoms in total. The Bertz CT molecular complexity index is 653. The van der Waals surface area contributed by atoms with Crippen LogP contribution in [0.25, 0.3) is 0 Å². The van der Waals surface area contributed by atoms with Gasteiger partial charge in [0.05, 0.1) is 12.4 Å². The number of rotatable bonds is 6. The van der Waals surface area contributed by atoms with Crippen molar-refractivity contribution in [3.05, 3.63) is 48.4 Å². The first kappa shape index (κ1) is 14.7. The lowest BCUT2D eigenvalue weighted by Crippen LogP contribution is -2.33. The second kappa shape index (κ2) is 6.17. The number of nitrogens with zero attached hydrogens (tertiary/aromatic N) is 2. The predicted octanol–water partition coefficient (Wildman–Crippen LogP) is 0.302. The van der Waals surface area contributed by atoms with Crippen LogP contribution in [-0.4, -0.2) is 35.7 Å². The SMILES string of the molecule is Cn1cnc(S(=O)(=O)NC[C@@H](O)Cc2ccccc2)c1. The van der Waals surface area contributed by atoms with Crippen molar-refractivity contribution in [2.75, 3.05) is 6.54 Å². The number of imidazole rings is 1. The maximum absolute atomic E-state index is 11.9. The number of hydrogen-bond donors (Lipinski definition) is 2. The number of aliphatic hydroxyl groups is 1. The summed E-state index contributed by atoms with van der Waals surface area (Å²) < 4.78 is 27.7. The molecule has 2 rings (SSSR count). The average molecular weight is 295 g/mol. The second-order valence-electron chi connectivity index (χ2n) is 4.57. The van der Waals surface area contributed by atoms with Crippen LogP contribution in [0.15, 0.2) is 47.9 Å². The summed E-state index contributed by atoms with van der Waals surface area (Å²) in [5.74, 6) is 0. The van der Waals surface area contributed by atoms with Gasteiger partial charge in [-0.15, -0.1) is 0 Å². The maximum Gasteiger partial charge on any atom is 0.259 e. The molecule has 0 amide bonds. The Morgan fingerprint density at radius 2 is 2.05 bits per heavy atom. The Hall–Kier alpha value is -1.70. The molecular formula is C13H17N3O3S. The van der Waals surface area contributed by atoms with Gasteiger partial charge in [-0.25, -0.2) is 18.1 Å². The zero-order chi connectivity index (χ0) is 14.6. The number of aromatic nitrogens is 2. The summed E-state index contributed by atoms with van der Waals surface area (Å²) in [5.41, 5.74) is 0.956. The molecule has 2 aromatic rings. The first-order valence-corrected chi connectivity index (χ1v) is 7.65. The lowest BCUT2D eigenvalue weighted by Gasteiger charge is -2.11. The van der Waals surface area contributed by atoms with E-state index in [-0.39, 0.29) is 11.6 Å². The molecule has 0 saturated carbocycles. The Labute approximate surface area is 118 Å². The normalized spacial score (nSPS) is 13.3. The lowest BCUT2D eigenvalue weighted by molar-refractivity contribution is 0.179. The quantitative estimate of drug-likeness (QED) is 0.803. The first-order chi connectivity index (χ1) is 9.47. The second-order valence-corrected chi connectivity index (χ2v) is 6.29. The van der Waals surface area contributed by atoms with E-state index in [1.807, 2.05) is 30.3 Å². The highest BCUT2D eigenvalue weighted by atomic mass is 32.2. The third-order valence-corrected chi connectivity index (χ3v) is 4.09. The Balaban J connectivity index is 1.91. The van der Waals surface area contributed by atoms with Crippen LogP contribution in [0.4, 0.5) is 0 Å². The molecule has 0 bridgehead atoms. The molecule has 1 aromatic carbocycles. The predicted molar refractivity (Wildman–Crippen MR) is 74.5 cm³/mol. The van der Waals surface area contributed by atoms with E-state index in [4.69, 9.17) is 0 Å². The molecule has 20 heavy (non-hydrogen) atoms. The minimum absolute atomic E-state index is 0.0478. The summed E-state index contributed by atoms with van der Waals surface area (Å²) in [6, 6.07) is 9.41. The molecule has 1 aromatic heterocycles. The fraction of sp³-hybridized carbons (Fsp3) is 0.308. The molecule has 0 spiro atoms. The number of aliphatic hydroxyl groups excluding tert-OH is 1. The molecule has 0 saturated heterocycles. The highest BCUT2D eigenvalue weighted by Gasteiger charge is 2.18. The third kappa shape index (κ3) is 3.89. The summed E-state index contributed by atoms with van der Waals surface area (Å²) in [7, 11) is -1.98. The number of nitrogens with one attached hydrogen (secondary N) is 1. The van der Waals surface area contributed by atoms with E-state index < -0.39 is 16.1 Å². The summed E-state index contributed by atoms with van der Waals surface area (Å²) in [6.45, 7) is -0.0478. The molecule has 1 atom stereocenters. The molecule has 0 radical (unpaired) electrons. The van der Waals surface area contributed by atoms with Gasteiger partial charge in [0.1, 0.15) is 0 Å². The molecule has 0 unspecified atom stereocenters. The van der Waals surface area contributed by atoms with Gasteiger partial charge >= 0.3 is 0 Å². The number of aryl methyl sites for hydroxylation is 1. The fourth-order valence-corrected chi connectivity index (χ4v) is 2.82. The van der Waals surface area contributed by atoms with Crippen LogP contribution < -0.4 is 4.72 Å². The monoisotopic (exact) mass is 295 g/mol. The zero-order valence-electron chi connectivity index (χ0n) is 11.1. The van der Waals surface area contributed by atoms with Crippen molar-refractivity contribution >= 4 is 10.0 Å². The van der Waals surface area contributed by atoms with E-state index >= 15 is 0 Å². The zero-order valence-corrected chi connectivity index (χ0v) is 11.9. The maximum atomic E-state index is 11.9. The van der Waals surface area contributed by atoms with Crippen molar-refractivity contribution < 1.29 is 13.5 Å². The molecule has 0 aliphatic heterocycles. The van der Waals surface area contributed by atoms with Crippen LogP contribution in [0, 0.1) is 0 Å². The largest absolute Gasteiger partial charge is 0.391 e. The first-order valence-electron chi connectivity index (χ1n) is 6.17. The Kier molecular flexibility index (Phi) is 4.53. The number of benzene rings is 1. The van der Waals surface area contributed by atoms with Crippen LogP contribution >= 0.6 is 0 Å². The average Bonchev–Trinajstić information content (AvgIpc) is 2.85. The molecular weight excluding hydrogens is 278 g/mol. The van der Waals surface area contributed by atoms with Crippen molar-refractivity contribution in [3.8, 4) is 0 Å². The summed E-state index contributed by atoms with van der Waals surface area (Å²) in [5, 5.41) is 9.82. The highest BCUT2D eigenvalue weighted by Crippen LogP contribution is 2.06. The van der Waals surface area contributed by atoms with Gasteiger partial charge in [0.25, 0.3) is 10.0 Å². The van der Waals surface area contributed by atoms with E-state index in [1.165, 1.54) is 12.5 Å². The summed E-state index contributed by atoms with van der Waals surface area (Å²) in [4.78, 5) is 3.78. The molecule has 0 aliphatic carbocycles. The Morgan fingerprint density at radius 3 is 2.65 bits per heavy atom. The summed E-state index contributed by atoms with van der Waals surface area (Å²) in [6.07, 6.45) is 2.43. The lowest BCUT2D eigenvalue weighted by atomic mass is 10.1. The van der Waals surface area contributed by atoms with Crippen LogP contribution in [-0.2, 0) is 23.5 Å². The molecule has 108 valence electrons. The van der Waals surface area contributed by atoms with Gasteiger partial charge in [0.15, 0.2) is 5.03 Å². The van der Waals surface area contributed by atoms with Gasteiger partial charge in [0.2, 0.25) is 0 Å². The van der Waals surface area contributed by atoms with E-state index in [0.29, 0.717) is 6.42 Å². The fourth-order valence-electron chi connectivity index (χ4n) is 1.77. The molecule has 7 heteroatoms. The van der Waals surface area contributed by atoms with E-state index in [0.717, 1.165) is 5.56 Å². The van der Waals surface area contributed by atoms with E-state index in [1.54, 1.807) is 11.6 Å². The number of sulfonamides is 1. The number of hydrogen-bond acceptors (Lipinski definition) is 4. The third-order valence-electron chi connectivity index (χ3n) is 2.78. The van der Waals surface area contributed by atoms with Gasteiger partial charge in [-0.2, -0.15) is 0 Å². The minimum atomic E-state index is -3.67. The van der Waals surface area contributed by atoms with Crippen molar-refractivity contribution in [2.45, 2.75) is 17.6 Å². The van der Waals surface area contributed by atoms with Crippen molar-refractivity contribution in [3.63, 3.8) is 0 Å². The Morgan fingerprint density at radius 1 is 1.35 bits per heavy atom. The minimum Gasteiger partial charge on any atom is -0.391 e. The molecule has 1 heterocycles. The standard InChI is InChI=1S/C13H17N3O3S/c1-16-9-13(14-10-16)20(18,19)15-8-12(17)7-11-5-3-2-4-6-11/h2-6,9-10,12,15,17H,7-8H2,1H3/t12-/m0/s1. The van der Waals surface area contributed by atoms with Crippen LogP contribution in [0.2, 0.25) is 0 Å². The van der Waals surface area contributed by atoms with Crippen LogP contribution in [0.3, 0.4) is 0 Å².